The average molecular weight is 435 g/mol. The maximum atomic E-state index is 14.8. The minimum Gasteiger partial charge on any atom is -0.389 e. The number of halogens is 2. The molecule has 0 spiro atoms. The molecule has 0 radical (unpaired) electrons. The maximum Gasteiger partial charge on any atom is 0.235 e. The molecule has 0 bridgehead atoms. The Bertz CT molecular complexity index is 1340. The fourth-order valence-corrected chi connectivity index (χ4v) is 5.15. The van der Waals surface area contributed by atoms with Crippen LogP contribution in [-0.4, -0.2) is 15.1 Å². The van der Waals surface area contributed by atoms with Gasteiger partial charge in [-0.1, -0.05) is 11.2 Å². The highest BCUT2D eigenvalue weighted by atomic mass is 32.1. The third kappa shape index (κ3) is 3.25. The molecule has 3 heterocycles. The highest BCUT2D eigenvalue weighted by molar-refractivity contribution is 7.16. The molecule has 2 N–H and O–H groups in total. The molecule has 1 atom stereocenters. The third-order valence-electron chi connectivity index (χ3n) is 5.43. The topological polar surface area (TPSA) is 102 Å². The fraction of sp³-hybridized carbons (Fsp3) is 0.182. The molecule has 1 aromatic carbocycles. The molecule has 154 valence electrons. The summed E-state index contributed by atoms with van der Waals surface area (Å²) in [6.07, 6.45) is 3.76. The lowest BCUT2D eigenvalue weighted by Gasteiger charge is -2.18. The lowest BCUT2D eigenvalue weighted by Crippen LogP contribution is -2.09. The Morgan fingerprint density at radius 2 is 2.10 bits per heavy atom. The van der Waals surface area contributed by atoms with Gasteiger partial charge >= 0.3 is 0 Å². The molecule has 0 amide bonds. The normalized spacial score (nSPS) is 15.5. The Labute approximate surface area is 180 Å². The van der Waals surface area contributed by atoms with Gasteiger partial charge in [-0.25, -0.2) is 9.37 Å². The van der Waals surface area contributed by atoms with E-state index in [4.69, 9.17) is 10.3 Å². The van der Waals surface area contributed by atoms with Gasteiger partial charge in [0, 0.05) is 16.6 Å². The summed E-state index contributed by atoms with van der Waals surface area (Å²) >= 11 is 1.37. The number of nitrogen functional groups attached to an aromatic ring is 1. The summed E-state index contributed by atoms with van der Waals surface area (Å²) in [7, 11) is 0. The third-order valence-corrected chi connectivity index (χ3v) is 6.61. The first-order chi connectivity index (χ1) is 15.1. The van der Waals surface area contributed by atoms with E-state index in [-0.39, 0.29) is 22.9 Å². The van der Waals surface area contributed by atoms with Crippen molar-refractivity contribution in [3.8, 4) is 28.6 Å². The van der Waals surface area contributed by atoms with Crippen LogP contribution in [-0.2, 0) is 6.42 Å². The van der Waals surface area contributed by atoms with Gasteiger partial charge < -0.3 is 10.3 Å². The van der Waals surface area contributed by atoms with Crippen LogP contribution in [0.2, 0.25) is 0 Å². The van der Waals surface area contributed by atoms with E-state index in [1.807, 2.05) is 0 Å². The maximum absolute atomic E-state index is 14.8. The minimum atomic E-state index is -0.670. The van der Waals surface area contributed by atoms with Gasteiger partial charge in [0.1, 0.15) is 16.9 Å². The van der Waals surface area contributed by atoms with Crippen molar-refractivity contribution in [1.82, 2.24) is 15.1 Å². The Hall–Kier alpha value is -3.64. The number of nitrogens with zero attached hydrogens (tertiary/aromatic N) is 4. The number of aromatic nitrogens is 3. The number of pyridine rings is 1. The van der Waals surface area contributed by atoms with Gasteiger partial charge in [-0.15, -0.1) is 11.3 Å². The summed E-state index contributed by atoms with van der Waals surface area (Å²) < 4.78 is 34.2. The van der Waals surface area contributed by atoms with Gasteiger partial charge in [0.15, 0.2) is 0 Å². The van der Waals surface area contributed by atoms with E-state index in [1.54, 1.807) is 12.1 Å². The number of nitrogens with two attached hydrogens (primary N) is 1. The van der Waals surface area contributed by atoms with E-state index in [0.29, 0.717) is 22.0 Å². The first kappa shape index (κ1) is 19.3. The Balaban J connectivity index is 1.49. The van der Waals surface area contributed by atoms with Crippen LogP contribution in [0.25, 0.3) is 22.5 Å². The number of nitriles is 1. The highest BCUT2D eigenvalue weighted by Gasteiger charge is 2.32. The van der Waals surface area contributed by atoms with Gasteiger partial charge in [0.2, 0.25) is 17.7 Å². The number of hydrogen-bond donors (Lipinski definition) is 1. The first-order valence-electron chi connectivity index (χ1n) is 9.62. The van der Waals surface area contributed by atoms with E-state index in [9.17, 15) is 14.0 Å². The number of benzene rings is 1. The molecule has 0 saturated heterocycles. The van der Waals surface area contributed by atoms with Crippen molar-refractivity contribution in [3.63, 3.8) is 0 Å². The number of thiophene rings is 1. The van der Waals surface area contributed by atoms with Gasteiger partial charge in [0.05, 0.1) is 17.0 Å². The summed E-state index contributed by atoms with van der Waals surface area (Å²) in [6, 6.07) is 9.61. The van der Waals surface area contributed by atoms with Crippen molar-refractivity contribution < 1.29 is 13.3 Å². The lowest BCUT2D eigenvalue weighted by atomic mass is 9.87. The molecule has 1 unspecified atom stereocenters. The van der Waals surface area contributed by atoms with Crippen LogP contribution in [0.5, 0.6) is 0 Å². The molecular formula is C22H15F2N5OS. The van der Waals surface area contributed by atoms with Crippen molar-refractivity contribution in [3.05, 3.63) is 70.2 Å². The van der Waals surface area contributed by atoms with E-state index >= 15 is 0 Å². The number of anilines is 1. The molecule has 0 saturated carbocycles. The molecule has 6 nitrogen and oxygen atoms in total. The smallest absolute Gasteiger partial charge is 0.235 e. The Morgan fingerprint density at radius 1 is 1.23 bits per heavy atom. The average Bonchev–Trinajstić information content (AvgIpc) is 3.37. The number of fused-ring (bicyclic) bond motifs is 1. The molecule has 1 aliphatic carbocycles. The summed E-state index contributed by atoms with van der Waals surface area (Å²) in [6.45, 7) is 0. The minimum absolute atomic E-state index is 0.114. The largest absolute Gasteiger partial charge is 0.389 e. The number of hydrogen-bond acceptors (Lipinski definition) is 7. The summed E-state index contributed by atoms with van der Waals surface area (Å²) in [5.74, 6) is -0.960. The molecule has 5 rings (SSSR count). The highest BCUT2D eigenvalue weighted by Crippen LogP contribution is 2.44. The summed E-state index contributed by atoms with van der Waals surface area (Å²) in [5.41, 5.74) is 8.20. The van der Waals surface area contributed by atoms with Gasteiger partial charge in [-0.2, -0.15) is 14.6 Å². The predicted octanol–water partition coefficient (Wildman–Crippen LogP) is 5.06. The van der Waals surface area contributed by atoms with Crippen LogP contribution in [0.4, 0.5) is 13.8 Å². The van der Waals surface area contributed by atoms with Crippen LogP contribution < -0.4 is 5.73 Å². The molecule has 3 aromatic heterocycles. The zero-order valence-corrected chi connectivity index (χ0v) is 16.9. The van der Waals surface area contributed by atoms with Crippen LogP contribution >= 0.6 is 11.3 Å². The SMILES string of the molecule is N#Cc1c(N)sc2c1CCCC2c1nc(-c2ccc(-c3cccnc3F)cc2F)no1. The molecule has 0 aliphatic heterocycles. The second-order valence-corrected chi connectivity index (χ2v) is 8.32. The van der Waals surface area contributed by atoms with Crippen molar-refractivity contribution >= 4 is 16.3 Å². The van der Waals surface area contributed by atoms with Gasteiger partial charge in [-0.05, 0) is 54.7 Å². The van der Waals surface area contributed by atoms with Crippen LogP contribution in [0.15, 0.2) is 41.1 Å². The second-order valence-electron chi connectivity index (χ2n) is 7.23. The van der Waals surface area contributed by atoms with E-state index in [0.717, 1.165) is 29.7 Å². The Kier molecular flexibility index (Phi) is 4.71. The molecule has 0 fully saturated rings. The number of rotatable bonds is 3. The molecule has 9 heteroatoms. The zero-order chi connectivity index (χ0) is 21.5. The van der Waals surface area contributed by atoms with Gasteiger partial charge in [0.25, 0.3) is 0 Å². The molecule has 4 aromatic rings. The van der Waals surface area contributed by atoms with Crippen molar-refractivity contribution in [1.29, 1.82) is 5.26 Å². The van der Waals surface area contributed by atoms with Crippen molar-refractivity contribution in [2.75, 3.05) is 5.73 Å². The van der Waals surface area contributed by atoms with E-state index in [2.05, 4.69) is 21.2 Å². The first-order valence-corrected chi connectivity index (χ1v) is 10.4. The summed E-state index contributed by atoms with van der Waals surface area (Å²) in [4.78, 5) is 8.98. The Morgan fingerprint density at radius 3 is 2.87 bits per heavy atom. The molecular weight excluding hydrogens is 420 g/mol. The van der Waals surface area contributed by atoms with E-state index < -0.39 is 11.8 Å². The van der Waals surface area contributed by atoms with Crippen LogP contribution in [0, 0.1) is 23.1 Å². The van der Waals surface area contributed by atoms with Crippen LogP contribution in [0.3, 0.4) is 0 Å². The van der Waals surface area contributed by atoms with E-state index in [1.165, 1.54) is 35.7 Å². The summed E-state index contributed by atoms with van der Waals surface area (Å²) in [5, 5.41) is 13.8. The second kappa shape index (κ2) is 7.56. The quantitative estimate of drug-likeness (QED) is 0.451. The van der Waals surface area contributed by atoms with Crippen molar-refractivity contribution in [2.24, 2.45) is 0 Å². The lowest BCUT2D eigenvalue weighted by molar-refractivity contribution is 0.356. The molecule has 31 heavy (non-hydrogen) atoms. The fourth-order valence-electron chi connectivity index (χ4n) is 3.96. The van der Waals surface area contributed by atoms with Crippen molar-refractivity contribution in [2.45, 2.75) is 25.2 Å². The zero-order valence-electron chi connectivity index (χ0n) is 16.1. The monoisotopic (exact) mass is 435 g/mol. The van der Waals surface area contributed by atoms with Crippen LogP contribution in [0.1, 0.15) is 40.7 Å². The predicted molar refractivity (Wildman–Crippen MR) is 111 cm³/mol. The van der Waals surface area contributed by atoms with Gasteiger partial charge in [-0.3, -0.25) is 0 Å². The molecule has 1 aliphatic rings. The standard InChI is InChI=1S/C22H15F2N5OS/c23-17-9-11(12-5-2-8-27-19(12)24)6-7-14(17)21-28-22(30-29-21)15-4-1-3-13-16(10-25)20(26)31-18(13)15/h2,5-9,15H,1,3-4,26H2.